The highest BCUT2D eigenvalue weighted by atomic mass is 16.5. The topological polar surface area (TPSA) is 42.2 Å². The van der Waals surface area contributed by atoms with Gasteiger partial charge in [-0.1, -0.05) is 12.1 Å². The van der Waals surface area contributed by atoms with E-state index in [2.05, 4.69) is 40.2 Å². The van der Waals surface area contributed by atoms with Crippen molar-refractivity contribution in [3.8, 4) is 0 Å². The van der Waals surface area contributed by atoms with E-state index in [1.165, 1.54) is 18.4 Å². The first-order valence-corrected chi connectivity index (χ1v) is 7.45. The van der Waals surface area contributed by atoms with E-state index in [9.17, 15) is 0 Å². The quantitative estimate of drug-likeness (QED) is 0.836. The molecular formula is C16H21N3O. The van der Waals surface area contributed by atoms with Crippen molar-refractivity contribution in [2.24, 2.45) is 0 Å². The maximum atomic E-state index is 5.43. The zero-order valence-corrected chi connectivity index (χ0v) is 12.0. The highest BCUT2D eigenvalue weighted by Gasteiger charge is 2.28. The molecule has 20 heavy (non-hydrogen) atoms. The second-order valence-corrected chi connectivity index (χ2v) is 5.45. The van der Waals surface area contributed by atoms with Gasteiger partial charge in [-0.2, -0.15) is 0 Å². The monoisotopic (exact) mass is 271 g/mol. The molecule has 3 heterocycles. The molecule has 0 radical (unpaired) electrons. The Hall–Kier alpha value is -1.68. The summed E-state index contributed by atoms with van der Waals surface area (Å²) in [5.41, 5.74) is 2.41. The van der Waals surface area contributed by atoms with Gasteiger partial charge < -0.3 is 4.52 Å². The molecule has 4 nitrogen and oxygen atoms in total. The van der Waals surface area contributed by atoms with Crippen LogP contribution >= 0.6 is 0 Å². The lowest BCUT2D eigenvalue weighted by atomic mass is 10.1. The van der Waals surface area contributed by atoms with Crippen molar-refractivity contribution in [2.75, 3.05) is 6.54 Å². The second-order valence-electron chi connectivity index (χ2n) is 5.45. The maximum absolute atomic E-state index is 5.43. The van der Waals surface area contributed by atoms with Crippen molar-refractivity contribution < 1.29 is 4.52 Å². The fraction of sp³-hybridized carbons (Fsp3) is 0.500. The van der Waals surface area contributed by atoms with Crippen LogP contribution in [-0.4, -0.2) is 21.6 Å². The van der Waals surface area contributed by atoms with Crippen molar-refractivity contribution in [1.82, 2.24) is 15.0 Å². The number of pyridine rings is 1. The lowest BCUT2D eigenvalue weighted by molar-refractivity contribution is 0.236. The molecule has 1 aliphatic rings. The van der Waals surface area contributed by atoms with Crippen LogP contribution in [0.15, 0.2) is 35.1 Å². The number of nitrogens with zero attached hydrogens (tertiary/aromatic N) is 3. The Morgan fingerprint density at radius 1 is 1.35 bits per heavy atom. The Labute approximate surface area is 119 Å². The minimum atomic E-state index is 0.400. The normalized spacial score (nSPS) is 19.6. The average molecular weight is 271 g/mol. The summed E-state index contributed by atoms with van der Waals surface area (Å²) in [5.74, 6) is 1.01. The lowest BCUT2D eigenvalue weighted by Crippen LogP contribution is -2.22. The number of hydrogen-bond acceptors (Lipinski definition) is 4. The summed E-state index contributed by atoms with van der Waals surface area (Å²) >= 11 is 0. The van der Waals surface area contributed by atoms with Crippen LogP contribution in [0.3, 0.4) is 0 Å². The standard InChI is InChI=1S/C16H21N3O/c1-2-4-14-11-15(18-20-14)16-5-3-10-19(16)12-13-6-8-17-9-7-13/h6-9,11,16H,2-5,10,12H2,1H3. The number of hydrogen-bond donors (Lipinski definition) is 0. The van der Waals surface area contributed by atoms with Crippen LogP contribution in [0.2, 0.25) is 0 Å². The van der Waals surface area contributed by atoms with Gasteiger partial charge in [0.2, 0.25) is 0 Å². The van der Waals surface area contributed by atoms with Gasteiger partial charge >= 0.3 is 0 Å². The summed E-state index contributed by atoms with van der Waals surface area (Å²) in [4.78, 5) is 6.56. The van der Waals surface area contributed by atoms with Crippen molar-refractivity contribution in [2.45, 2.75) is 45.2 Å². The van der Waals surface area contributed by atoms with Crippen LogP contribution in [0.1, 0.15) is 49.2 Å². The zero-order valence-electron chi connectivity index (χ0n) is 12.0. The molecule has 106 valence electrons. The van der Waals surface area contributed by atoms with Gasteiger partial charge in [0.1, 0.15) is 11.5 Å². The Bertz CT molecular complexity index is 538. The Balaban J connectivity index is 1.71. The van der Waals surface area contributed by atoms with Gasteiger partial charge in [0.15, 0.2) is 0 Å². The van der Waals surface area contributed by atoms with E-state index < -0.39 is 0 Å². The molecule has 1 saturated heterocycles. The Kier molecular flexibility index (Phi) is 4.11. The highest BCUT2D eigenvalue weighted by molar-refractivity contribution is 5.14. The second kappa shape index (κ2) is 6.18. The number of aryl methyl sites for hydroxylation is 1. The third kappa shape index (κ3) is 2.90. The first kappa shape index (κ1) is 13.3. The Morgan fingerprint density at radius 3 is 3.00 bits per heavy atom. The van der Waals surface area contributed by atoms with Gasteiger partial charge in [0.05, 0.1) is 6.04 Å². The van der Waals surface area contributed by atoms with Gasteiger partial charge in [-0.25, -0.2) is 0 Å². The van der Waals surface area contributed by atoms with Gasteiger partial charge in [-0.15, -0.1) is 0 Å². The van der Waals surface area contributed by atoms with E-state index in [4.69, 9.17) is 4.52 Å². The van der Waals surface area contributed by atoms with Crippen LogP contribution in [0.5, 0.6) is 0 Å². The molecule has 2 aromatic heterocycles. The van der Waals surface area contributed by atoms with Gasteiger partial charge in [0.25, 0.3) is 0 Å². The largest absolute Gasteiger partial charge is 0.361 e. The smallest absolute Gasteiger partial charge is 0.137 e. The first-order chi connectivity index (χ1) is 9.86. The lowest BCUT2D eigenvalue weighted by Gasteiger charge is -2.22. The molecular weight excluding hydrogens is 250 g/mol. The molecule has 2 aromatic rings. The molecule has 0 aliphatic carbocycles. The summed E-state index contributed by atoms with van der Waals surface area (Å²) in [5, 5.41) is 4.28. The fourth-order valence-electron chi connectivity index (χ4n) is 2.92. The van der Waals surface area contributed by atoms with Gasteiger partial charge in [-0.3, -0.25) is 9.88 Å². The third-order valence-corrected chi connectivity index (χ3v) is 3.91. The molecule has 0 bridgehead atoms. The minimum absolute atomic E-state index is 0.400. The van der Waals surface area contributed by atoms with Crippen LogP contribution < -0.4 is 0 Å². The van der Waals surface area contributed by atoms with Crippen LogP contribution in [0.25, 0.3) is 0 Å². The summed E-state index contributed by atoms with van der Waals surface area (Å²) < 4.78 is 5.43. The van der Waals surface area contributed by atoms with Gasteiger partial charge in [-0.05, 0) is 43.5 Å². The summed E-state index contributed by atoms with van der Waals surface area (Å²) in [6.45, 7) is 4.25. The Morgan fingerprint density at radius 2 is 2.20 bits per heavy atom. The predicted molar refractivity (Wildman–Crippen MR) is 77.1 cm³/mol. The van der Waals surface area contributed by atoms with Gasteiger partial charge in [0, 0.05) is 31.4 Å². The molecule has 3 rings (SSSR count). The van der Waals surface area contributed by atoms with Crippen molar-refractivity contribution in [3.05, 3.63) is 47.6 Å². The SMILES string of the molecule is CCCc1cc(C2CCCN2Cc2ccncc2)no1. The van der Waals surface area contributed by atoms with E-state index in [0.717, 1.165) is 37.4 Å². The van der Waals surface area contributed by atoms with Crippen LogP contribution in [-0.2, 0) is 13.0 Å². The molecule has 4 heteroatoms. The molecule has 0 N–H and O–H groups in total. The molecule has 1 atom stereocenters. The van der Waals surface area contributed by atoms with Crippen molar-refractivity contribution >= 4 is 0 Å². The molecule has 0 saturated carbocycles. The molecule has 1 fully saturated rings. The first-order valence-electron chi connectivity index (χ1n) is 7.45. The van der Waals surface area contributed by atoms with E-state index in [1.54, 1.807) is 0 Å². The summed E-state index contributed by atoms with van der Waals surface area (Å²) in [7, 11) is 0. The molecule has 1 aliphatic heterocycles. The fourth-order valence-corrected chi connectivity index (χ4v) is 2.92. The molecule has 1 unspecified atom stereocenters. The number of likely N-dealkylation sites (tertiary alicyclic amines) is 1. The molecule has 0 spiro atoms. The summed E-state index contributed by atoms with van der Waals surface area (Å²) in [6.07, 6.45) is 8.19. The van der Waals surface area contributed by atoms with E-state index in [1.807, 2.05) is 12.4 Å². The van der Waals surface area contributed by atoms with Crippen molar-refractivity contribution in [1.29, 1.82) is 0 Å². The van der Waals surface area contributed by atoms with E-state index in [0.29, 0.717) is 6.04 Å². The number of aromatic nitrogens is 2. The van der Waals surface area contributed by atoms with Crippen LogP contribution in [0.4, 0.5) is 0 Å². The predicted octanol–water partition coefficient (Wildman–Crippen LogP) is 3.36. The van der Waals surface area contributed by atoms with E-state index >= 15 is 0 Å². The average Bonchev–Trinajstić information content (AvgIpc) is 3.09. The molecule has 0 aromatic carbocycles. The van der Waals surface area contributed by atoms with E-state index in [-0.39, 0.29) is 0 Å². The highest BCUT2D eigenvalue weighted by Crippen LogP contribution is 2.32. The minimum Gasteiger partial charge on any atom is -0.361 e. The molecule has 0 amide bonds. The third-order valence-electron chi connectivity index (χ3n) is 3.91. The van der Waals surface area contributed by atoms with Crippen molar-refractivity contribution in [3.63, 3.8) is 0 Å². The zero-order chi connectivity index (χ0) is 13.8. The maximum Gasteiger partial charge on any atom is 0.137 e. The summed E-state index contributed by atoms with van der Waals surface area (Å²) in [6, 6.07) is 6.71. The van der Waals surface area contributed by atoms with Crippen LogP contribution in [0, 0.1) is 0 Å². The number of rotatable bonds is 5.